The number of carbonyl (C=O) groups excluding carboxylic acids is 1. The van der Waals surface area contributed by atoms with Gasteiger partial charge in [-0.3, -0.25) is 4.79 Å². The summed E-state index contributed by atoms with van der Waals surface area (Å²) in [4.78, 5) is 13.5. The fourth-order valence-electron chi connectivity index (χ4n) is 1.50. The van der Waals surface area contributed by atoms with E-state index in [-0.39, 0.29) is 11.9 Å². The molecule has 0 aromatic carbocycles. The van der Waals surface area contributed by atoms with Gasteiger partial charge in [0.1, 0.15) is 0 Å². The lowest BCUT2D eigenvalue weighted by Gasteiger charge is -2.27. The number of rotatable bonds is 2. The van der Waals surface area contributed by atoms with Gasteiger partial charge in [0.25, 0.3) is 0 Å². The maximum atomic E-state index is 11.3. The van der Waals surface area contributed by atoms with Crippen LogP contribution >= 0.6 is 0 Å². The number of likely N-dealkylation sites (tertiary alicyclic amines) is 1. The van der Waals surface area contributed by atoms with E-state index < -0.39 is 0 Å². The normalized spacial score (nSPS) is 16.4. The van der Waals surface area contributed by atoms with Crippen LogP contribution in [-0.2, 0) is 9.53 Å². The zero-order chi connectivity index (χ0) is 13.0. The summed E-state index contributed by atoms with van der Waals surface area (Å²) < 4.78 is 4.96. The molecule has 0 atom stereocenters. The molecule has 1 rings (SSSR count). The molecule has 0 unspecified atom stereocenters. The molecule has 1 aliphatic heterocycles. The maximum Gasteiger partial charge on any atom is 0.309 e. The molecule has 1 heterocycles. The van der Waals surface area contributed by atoms with Crippen LogP contribution in [0.2, 0.25) is 0 Å². The van der Waals surface area contributed by atoms with Crippen molar-refractivity contribution >= 4 is 5.97 Å². The summed E-state index contributed by atoms with van der Waals surface area (Å²) in [6, 6.07) is 0. The Morgan fingerprint density at radius 3 is 2.00 bits per heavy atom. The monoisotopic (exact) mass is 231 g/mol. The number of hydrogen-bond acceptors (Lipinski definition) is 3. The van der Waals surface area contributed by atoms with Crippen molar-refractivity contribution in [2.24, 2.45) is 5.92 Å². The molecule has 16 heavy (non-hydrogen) atoms. The Morgan fingerprint density at radius 1 is 1.19 bits per heavy atom. The summed E-state index contributed by atoms with van der Waals surface area (Å²) >= 11 is 0. The van der Waals surface area contributed by atoms with Crippen molar-refractivity contribution in [1.29, 1.82) is 0 Å². The predicted molar refractivity (Wildman–Crippen MR) is 69.6 cm³/mol. The van der Waals surface area contributed by atoms with E-state index in [2.05, 4.69) is 11.9 Å². The van der Waals surface area contributed by atoms with Gasteiger partial charge >= 0.3 is 5.97 Å². The molecule has 0 bridgehead atoms. The first-order valence-electron chi connectivity index (χ1n) is 6.59. The molecule has 1 saturated heterocycles. The minimum absolute atomic E-state index is 0.00870. The molecule has 0 radical (unpaired) electrons. The number of esters is 1. The van der Waals surface area contributed by atoms with Gasteiger partial charge in [0.2, 0.25) is 0 Å². The standard InChI is InChI=1S/C9H17NO2.2C2H6/c1-3-12-9(11)8-4-6-10(2)7-5-8;2*1-2/h8H,3-7H2,1-2H3;2*1-2H3. The topological polar surface area (TPSA) is 29.5 Å². The Hall–Kier alpha value is -0.570. The van der Waals surface area contributed by atoms with Crippen molar-refractivity contribution in [3.05, 3.63) is 0 Å². The van der Waals surface area contributed by atoms with Gasteiger partial charge in [0.15, 0.2) is 0 Å². The minimum Gasteiger partial charge on any atom is -0.466 e. The maximum absolute atomic E-state index is 11.3. The number of carbonyl (C=O) groups is 1. The van der Waals surface area contributed by atoms with Crippen molar-refractivity contribution in [3.63, 3.8) is 0 Å². The predicted octanol–water partition coefficient (Wildman–Crippen LogP) is 2.94. The van der Waals surface area contributed by atoms with E-state index in [1.165, 1.54) is 0 Å². The zero-order valence-corrected chi connectivity index (χ0v) is 11.9. The van der Waals surface area contributed by atoms with Crippen molar-refractivity contribution in [1.82, 2.24) is 4.90 Å². The number of hydrogen-bond donors (Lipinski definition) is 0. The second kappa shape index (κ2) is 12.5. The van der Waals surface area contributed by atoms with Gasteiger partial charge in [-0.1, -0.05) is 27.7 Å². The Labute approximate surface area is 101 Å². The van der Waals surface area contributed by atoms with Gasteiger partial charge in [0, 0.05) is 0 Å². The fraction of sp³-hybridized carbons (Fsp3) is 0.923. The summed E-state index contributed by atoms with van der Waals surface area (Å²) in [6.07, 6.45) is 1.91. The van der Waals surface area contributed by atoms with Crippen molar-refractivity contribution in [2.45, 2.75) is 47.5 Å². The zero-order valence-electron chi connectivity index (χ0n) is 11.9. The molecular weight excluding hydrogens is 202 g/mol. The fourth-order valence-corrected chi connectivity index (χ4v) is 1.50. The molecule has 0 N–H and O–H groups in total. The van der Waals surface area contributed by atoms with E-state index in [4.69, 9.17) is 4.74 Å². The first-order chi connectivity index (χ1) is 7.74. The third-order valence-electron chi connectivity index (χ3n) is 2.34. The highest BCUT2D eigenvalue weighted by atomic mass is 16.5. The summed E-state index contributed by atoms with van der Waals surface area (Å²) in [5.41, 5.74) is 0. The molecule has 1 aliphatic rings. The SMILES string of the molecule is CC.CC.CCOC(=O)C1CCN(C)CC1. The quantitative estimate of drug-likeness (QED) is 0.684. The minimum atomic E-state index is -0.00870. The van der Waals surface area contributed by atoms with Gasteiger partial charge in [-0.25, -0.2) is 0 Å². The van der Waals surface area contributed by atoms with E-state index in [1.54, 1.807) is 0 Å². The van der Waals surface area contributed by atoms with Crippen LogP contribution in [0.25, 0.3) is 0 Å². The van der Waals surface area contributed by atoms with Gasteiger partial charge in [-0.05, 0) is 39.9 Å². The van der Waals surface area contributed by atoms with Gasteiger partial charge < -0.3 is 9.64 Å². The first kappa shape index (κ1) is 17.8. The lowest BCUT2D eigenvalue weighted by Crippen LogP contribution is -2.34. The molecule has 0 aromatic rings. The number of piperidine rings is 1. The van der Waals surface area contributed by atoms with Crippen LogP contribution in [0.5, 0.6) is 0 Å². The lowest BCUT2D eigenvalue weighted by atomic mass is 9.97. The van der Waals surface area contributed by atoms with Crippen LogP contribution in [-0.4, -0.2) is 37.6 Å². The molecule has 3 nitrogen and oxygen atoms in total. The van der Waals surface area contributed by atoms with Crippen LogP contribution in [0.3, 0.4) is 0 Å². The van der Waals surface area contributed by atoms with Crippen LogP contribution in [0.15, 0.2) is 0 Å². The summed E-state index contributed by atoms with van der Waals surface area (Å²) in [5, 5.41) is 0. The Kier molecular flexibility index (Phi) is 13.9. The molecule has 0 spiro atoms. The third-order valence-corrected chi connectivity index (χ3v) is 2.34. The molecule has 3 heteroatoms. The van der Waals surface area contributed by atoms with Crippen molar-refractivity contribution in [2.75, 3.05) is 26.7 Å². The second-order valence-corrected chi connectivity index (χ2v) is 3.33. The Balaban J connectivity index is 0. The van der Waals surface area contributed by atoms with E-state index in [0.29, 0.717) is 6.61 Å². The summed E-state index contributed by atoms with van der Waals surface area (Å²) in [6.45, 7) is 12.4. The number of nitrogens with zero attached hydrogens (tertiary/aromatic N) is 1. The van der Waals surface area contributed by atoms with Gasteiger partial charge in [0.05, 0.1) is 12.5 Å². The molecule has 0 amide bonds. The number of ether oxygens (including phenoxy) is 1. The molecule has 1 fully saturated rings. The molecular formula is C13H29NO2. The van der Waals surface area contributed by atoms with E-state index in [9.17, 15) is 4.79 Å². The highest BCUT2D eigenvalue weighted by molar-refractivity contribution is 5.72. The van der Waals surface area contributed by atoms with Crippen LogP contribution in [0.1, 0.15) is 47.5 Å². The largest absolute Gasteiger partial charge is 0.466 e. The highest BCUT2D eigenvalue weighted by Gasteiger charge is 2.23. The van der Waals surface area contributed by atoms with Gasteiger partial charge in [-0.2, -0.15) is 0 Å². The molecule has 0 aliphatic carbocycles. The summed E-state index contributed by atoms with van der Waals surface area (Å²) in [5.74, 6) is 0.145. The van der Waals surface area contributed by atoms with Crippen LogP contribution < -0.4 is 0 Å². The highest BCUT2D eigenvalue weighted by Crippen LogP contribution is 2.16. The summed E-state index contributed by atoms with van der Waals surface area (Å²) in [7, 11) is 2.08. The molecule has 0 aromatic heterocycles. The second-order valence-electron chi connectivity index (χ2n) is 3.33. The van der Waals surface area contributed by atoms with Gasteiger partial charge in [-0.15, -0.1) is 0 Å². The van der Waals surface area contributed by atoms with E-state index in [1.807, 2.05) is 34.6 Å². The van der Waals surface area contributed by atoms with E-state index in [0.717, 1.165) is 25.9 Å². The lowest BCUT2D eigenvalue weighted by molar-refractivity contribution is -0.149. The Morgan fingerprint density at radius 2 is 1.62 bits per heavy atom. The molecule has 0 saturated carbocycles. The smallest absolute Gasteiger partial charge is 0.309 e. The van der Waals surface area contributed by atoms with E-state index >= 15 is 0 Å². The third kappa shape index (κ3) is 7.69. The van der Waals surface area contributed by atoms with Crippen LogP contribution in [0.4, 0.5) is 0 Å². The molecule has 98 valence electrons. The first-order valence-corrected chi connectivity index (χ1v) is 6.59. The van der Waals surface area contributed by atoms with Crippen molar-refractivity contribution in [3.8, 4) is 0 Å². The Bertz CT molecular complexity index is 152. The van der Waals surface area contributed by atoms with Crippen LogP contribution in [0, 0.1) is 5.92 Å². The van der Waals surface area contributed by atoms with Crippen molar-refractivity contribution < 1.29 is 9.53 Å². The average molecular weight is 231 g/mol. The average Bonchev–Trinajstić information content (AvgIpc) is 2.35.